The van der Waals surface area contributed by atoms with Crippen molar-refractivity contribution in [2.75, 3.05) is 30.3 Å². The zero-order chi connectivity index (χ0) is 29.4. The van der Waals surface area contributed by atoms with Gasteiger partial charge in [0.05, 0.1) is 12.1 Å². The zero-order valence-corrected chi connectivity index (χ0v) is 23.3. The summed E-state index contributed by atoms with van der Waals surface area (Å²) in [6.07, 6.45) is 4.31. The molecule has 1 aliphatic carbocycles. The molecule has 3 amide bonds. The van der Waals surface area contributed by atoms with E-state index in [4.69, 9.17) is 0 Å². The number of nitrogens with one attached hydrogen (secondary N) is 3. The summed E-state index contributed by atoms with van der Waals surface area (Å²) in [6.45, 7) is 5.22. The molecule has 1 saturated heterocycles. The highest BCUT2D eigenvalue weighted by molar-refractivity contribution is 5.97. The SMILES string of the molecule is CCC1(CC)NCCN(CC(=O)Nc2ccc3c(c2)CC(C(=O)Nc2ccccn2)C3)C1=O.Fc1cccc(F)c1. The minimum atomic E-state index is -0.572. The summed E-state index contributed by atoms with van der Waals surface area (Å²) in [6, 6.07) is 15.7. The van der Waals surface area contributed by atoms with Crippen LogP contribution in [0.3, 0.4) is 0 Å². The highest BCUT2D eigenvalue weighted by Crippen LogP contribution is 2.30. The van der Waals surface area contributed by atoms with Crippen molar-refractivity contribution in [3.8, 4) is 0 Å². The quantitative estimate of drug-likeness (QED) is 0.397. The van der Waals surface area contributed by atoms with E-state index in [0.717, 1.165) is 17.2 Å². The van der Waals surface area contributed by atoms with Gasteiger partial charge in [0.1, 0.15) is 17.5 Å². The fourth-order valence-electron chi connectivity index (χ4n) is 5.24. The maximum absolute atomic E-state index is 12.9. The van der Waals surface area contributed by atoms with Crippen LogP contribution in [0.25, 0.3) is 0 Å². The molecule has 10 heteroatoms. The van der Waals surface area contributed by atoms with Crippen LogP contribution in [-0.2, 0) is 27.2 Å². The minimum Gasteiger partial charge on any atom is -0.330 e. The number of carbonyl (C=O) groups excluding carboxylic acids is 3. The van der Waals surface area contributed by atoms with Gasteiger partial charge in [-0.15, -0.1) is 0 Å². The first-order valence-corrected chi connectivity index (χ1v) is 13.8. The highest BCUT2D eigenvalue weighted by atomic mass is 19.1. The molecule has 1 aromatic heterocycles. The molecule has 1 aliphatic heterocycles. The Morgan fingerprint density at radius 2 is 1.71 bits per heavy atom. The molecular formula is C31H35F2N5O3. The van der Waals surface area contributed by atoms with Crippen molar-refractivity contribution in [1.82, 2.24) is 15.2 Å². The number of benzene rings is 2. The Morgan fingerprint density at radius 1 is 0.976 bits per heavy atom. The van der Waals surface area contributed by atoms with E-state index in [2.05, 4.69) is 20.9 Å². The zero-order valence-electron chi connectivity index (χ0n) is 23.3. The Labute approximate surface area is 238 Å². The second-order valence-electron chi connectivity index (χ2n) is 10.2. The molecule has 216 valence electrons. The van der Waals surface area contributed by atoms with Crippen molar-refractivity contribution in [1.29, 1.82) is 0 Å². The molecule has 0 radical (unpaired) electrons. The number of anilines is 2. The van der Waals surface area contributed by atoms with E-state index in [1.807, 2.05) is 38.1 Å². The van der Waals surface area contributed by atoms with Crippen molar-refractivity contribution >= 4 is 29.2 Å². The standard InChI is InChI=1S/C25H31N5O3.C6H4F2/c1-3-25(4-2)24(33)30(12-11-27-25)16-22(31)28-20-9-8-17-13-19(14-18(17)15-20)23(32)29-21-7-5-6-10-26-21;7-5-2-1-3-6(8)4-5/h5-10,15,19,27H,3-4,11-14,16H2,1-2H3,(H,28,31)(H,26,29,32);1-4H. The topological polar surface area (TPSA) is 103 Å². The number of hydrogen-bond donors (Lipinski definition) is 3. The number of pyridine rings is 1. The van der Waals surface area contributed by atoms with Gasteiger partial charge >= 0.3 is 0 Å². The number of hydrogen-bond acceptors (Lipinski definition) is 5. The van der Waals surface area contributed by atoms with Gasteiger partial charge in [0, 0.05) is 37.0 Å². The summed E-state index contributed by atoms with van der Waals surface area (Å²) >= 11 is 0. The van der Waals surface area contributed by atoms with Gasteiger partial charge in [0.15, 0.2) is 0 Å². The lowest BCUT2D eigenvalue weighted by molar-refractivity contribution is -0.144. The van der Waals surface area contributed by atoms with Gasteiger partial charge in [-0.25, -0.2) is 13.8 Å². The van der Waals surface area contributed by atoms with Crippen molar-refractivity contribution in [2.45, 2.75) is 45.1 Å². The van der Waals surface area contributed by atoms with E-state index >= 15 is 0 Å². The molecule has 41 heavy (non-hydrogen) atoms. The number of nitrogens with zero attached hydrogens (tertiary/aromatic N) is 2. The number of aromatic nitrogens is 1. The lowest BCUT2D eigenvalue weighted by Crippen LogP contribution is -2.64. The number of piperazine rings is 1. The van der Waals surface area contributed by atoms with Crippen LogP contribution in [-0.4, -0.2) is 52.8 Å². The molecule has 3 N–H and O–H groups in total. The van der Waals surface area contributed by atoms with E-state index in [0.29, 0.717) is 50.3 Å². The summed E-state index contributed by atoms with van der Waals surface area (Å²) in [4.78, 5) is 44.0. The van der Waals surface area contributed by atoms with Crippen LogP contribution in [0.15, 0.2) is 66.9 Å². The second kappa shape index (κ2) is 13.5. The number of fused-ring (bicyclic) bond motifs is 1. The molecule has 3 aromatic rings. The molecule has 8 nitrogen and oxygen atoms in total. The van der Waals surface area contributed by atoms with E-state index in [1.165, 1.54) is 18.2 Å². The van der Waals surface area contributed by atoms with Gasteiger partial charge < -0.3 is 20.9 Å². The molecule has 2 aliphatic rings. The smallest absolute Gasteiger partial charge is 0.243 e. The molecule has 2 heterocycles. The summed E-state index contributed by atoms with van der Waals surface area (Å²) in [5.74, 6) is -0.969. The molecular weight excluding hydrogens is 528 g/mol. The number of halogens is 2. The summed E-state index contributed by atoms with van der Waals surface area (Å²) in [5, 5.41) is 9.12. The van der Waals surface area contributed by atoms with Crippen LogP contribution < -0.4 is 16.0 Å². The largest absolute Gasteiger partial charge is 0.330 e. The van der Waals surface area contributed by atoms with Gasteiger partial charge in [-0.05, 0) is 73.2 Å². The van der Waals surface area contributed by atoms with E-state index < -0.39 is 17.2 Å². The van der Waals surface area contributed by atoms with Crippen LogP contribution in [0.2, 0.25) is 0 Å². The molecule has 2 aromatic carbocycles. The first-order valence-electron chi connectivity index (χ1n) is 13.8. The summed E-state index contributed by atoms with van der Waals surface area (Å²) in [5.41, 5.74) is 2.28. The van der Waals surface area contributed by atoms with Gasteiger partial charge in [-0.1, -0.05) is 32.0 Å². The minimum absolute atomic E-state index is 0.00962. The monoisotopic (exact) mass is 563 g/mol. The lowest BCUT2D eigenvalue weighted by Gasteiger charge is -2.41. The third-order valence-electron chi connectivity index (χ3n) is 7.58. The van der Waals surface area contributed by atoms with E-state index in [-0.39, 0.29) is 30.2 Å². The number of carbonyl (C=O) groups is 3. The second-order valence-corrected chi connectivity index (χ2v) is 10.2. The molecule has 1 atom stereocenters. The fourth-order valence-corrected chi connectivity index (χ4v) is 5.24. The molecule has 0 saturated carbocycles. The van der Waals surface area contributed by atoms with Crippen molar-refractivity contribution in [3.05, 3.63) is 89.6 Å². The molecule has 0 bridgehead atoms. The Hall–Kier alpha value is -4.18. The maximum Gasteiger partial charge on any atom is 0.243 e. The normalized spacial score (nSPS) is 17.2. The Bertz CT molecular complexity index is 1360. The van der Waals surface area contributed by atoms with Crippen LogP contribution >= 0.6 is 0 Å². The summed E-state index contributed by atoms with van der Waals surface area (Å²) < 4.78 is 23.9. The van der Waals surface area contributed by atoms with Crippen LogP contribution in [0.1, 0.15) is 37.8 Å². The highest BCUT2D eigenvalue weighted by Gasteiger charge is 2.41. The molecule has 0 spiro atoms. The fraction of sp³-hybridized carbons (Fsp3) is 0.355. The predicted octanol–water partition coefficient (Wildman–Crippen LogP) is 4.33. The Kier molecular flexibility index (Phi) is 9.78. The van der Waals surface area contributed by atoms with E-state index in [1.54, 1.807) is 23.2 Å². The summed E-state index contributed by atoms with van der Waals surface area (Å²) in [7, 11) is 0. The van der Waals surface area contributed by atoms with Crippen LogP contribution in [0.5, 0.6) is 0 Å². The van der Waals surface area contributed by atoms with Crippen molar-refractivity contribution in [2.24, 2.45) is 5.92 Å². The molecule has 1 unspecified atom stereocenters. The van der Waals surface area contributed by atoms with Gasteiger partial charge in [0.25, 0.3) is 0 Å². The number of rotatable bonds is 7. The van der Waals surface area contributed by atoms with Gasteiger partial charge in [-0.3, -0.25) is 14.4 Å². The van der Waals surface area contributed by atoms with Crippen molar-refractivity contribution in [3.63, 3.8) is 0 Å². The Morgan fingerprint density at radius 3 is 2.34 bits per heavy atom. The van der Waals surface area contributed by atoms with Crippen LogP contribution in [0.4, 0.5) is 20.3 Å². The average molecular weight is 564 g/mol. The molecule has 5 rings (SSSR count). The number of amides is 3. The molecule has 1 fully saturated rings. The van der Waals surface area contributed by atoms with E-state index in [9.17, 15) is 23.2 Å². The first-order chi connectivity index (χ1) is 19.7. The Balaban J connectivity index is 0.000000417. The van der Waals surface area contributed by atoms with Gasteiger partial charge in [0.2, 0.25) is 17.7 Å². The predicted molar refractivity (Wildman–Crippen MR) is 153 cm³/mol. The lowest BCUT2D eigenvalue weighted by atomic mass is 9.89. The van der Waals surface area contributed by atoms with Crippen LogP contribution in [0, 0.1) is 17.6 Å². The average Bonchev–Trinajstić information content (AvgIpc) is 3.39. The maximum atomic E-state index is 12.9. The first kappa shape index (κ1) is 29.8. The third-order valence-corrected chi connectivity index (χ3v) is 7.58. The van der Waals surface area contributed by atoms with Crippen molar-refractivity contribution < 1.29 is 23.2 Å². The van der Waals surface area contributed by atoms with Gasteiger partial charge in [-0.2, -0.15) is 0 Å². The third kappa shape index (κ3) is 7.52.